The van der Waals surface area contributed by atoms with E-state index in [1.807, 2.05) is 0 Å². The van der Waals surface area contributed by atoms with E-state index in [4.69, 9.17) is 9.47 Å². The highest BCUT2D eigenvalue weighted by atomic mass is 19.1. The number of ether oxygens (including phenoxy) is 2. The molecule has 2 N–H and O–H groups in total. The van der Waals surface area contributed by atoms with Crippen molar-refractivity contribution in [2.24, 2.45) is 0 Å². The van der Waals surface area contributed by atoms with Crippen LogP contribution in [0.5, 0.6) is 11.5 Å². The molecule has 1 aliphatic heterocycles. The van der Waals surface area contributed by atoms with Crippen molar-refractivity contribution in [2.45, 2.75) is 13.3 Å². The molecule has 5 nitrogen and oxygen atoms in total. The minimum Gasteiger partial charge on any atom is -0.490 e. The average Bonchev–Trinajstić information content (AvgIpc) is 2.71. The molecular weight excluding hydrogens is 368 g/mol. The number of carboxylic acid groups (broad SMARTS) is 1. The maximum absolute atomic E-state index is 13.9. The number of hydrogen-bond donors (Lipinski definition) is 2. The second-order valence-electron chi connectivity index (χ2n) is 6.42. The minimum atomic E-state index is -0.921. The third kappa shape index (κ3) is 4.48. The van der Waals surface area contributed by atoms with E-state index in [2.05, 4.69) is 5.32 Å². The molecule has 7 heteroatoms. The normalized spacial score (nSPS) is 14.1. The van der Waals surface area contributed by atoms with Crippen molar-refractivity contribution in [3.63, 3.8) is 0 Å². The maximum Gasteiger partial charge on any atom is 0.333 e. The minimum absolute atomic E-state index is 0.0149. The highest BCUT2D eigenvalue weighted by Gasteiger charge is 2.19. The van der Waals surface area contributed by atoms with Gasteiger partial charge in [0.2, 0.25) is 0 Å². The summed E-state index contributed by atoms with van der Waals surface area (Å²) in [7, 11) is 0. The maximum atomic E-state index is 13.9. The van der Waals surface area contributed by atoms with E-state index < -0.39 is 23.4 Å². The van der Waals surface area contributed by atoms with E-state index in [0.717, 1.165) is 23.7 Å². The van der Waals surface area contributed by atoms with Crippen molar-refractivity contribution >= 4 is 11.5 Å². The third-order valence-corrected chi connectivity index (χ3v) is 4.52. The zero-order valence-electron chi connectivity index (χ0n) is 15.4. The predicted molar refractivity (Wildman–Crippen MR) is 101 cm³/mol. The van der Waals surface area contributed by atoms with Gasteiger partial charge < -0.3 is 19.9 Å². The Morgan fingerprint density at radius 2 is 1.82 bits per heavy atom. The van der Waals surface area contributed by atoms with Crippen LogP contribution in [0, 0.1) is 18.6 Å². The first kappa shape index (κ1) is 19.8. The fraction of sp³-hybridized carbons (Fsp3) is 0.286. The lowest BCUT2D eigenvalue weighted by molar-refractivity contribution is -0.132. The number of hydrogen-bond acceptors (Lipinski definition) is 4. The van der Waals surface area contributed by atoms with Crippen LogP contribution in [0.4, 0.5) is 8.78 Å². The summed E-state index contributed by atoms with van der Waals surface area (Å²) in [5, 5.41) is 12.4. The highest BCUT2D eigenvalue weighted by Crippen LogP contribution is 2.27. The molecule has 0 amide bonds. The number of halogens is 2. The Balaban J connectivity index is 1.58. The molecule has 0 aliphatic carbocycles. The fourth-order valence-electron chi connectivity index (χ4n) is 3.03. The molecule has 0 unspecified atom stereocenters. The molecule has 2 aromatic carbocycles. The number of rotatable bonds is 7. The molecule has 28 heavy (non-hydrogen) atoms. The van der Waals surface area contributed by atoms with Crippen molar-refractivity contribution in [1.82, 2.24) is 5.32 Å². The monoisotopic (exact) mass is 389 g/mol. The van der Waals surface area contributed by atoms with E-state index in [1.54, 1.807) is 24.3 Å². The van der Waals surface area contributed by atoms with E-state index in [1.165, 1.54) is 13.0 Å². The van der Waals surface area contributed by atoms with Gasteiger partial charge in [-0.2, -0.15) is 0 Å². The van der Waals surface area contributed by atoms with E-state index in [9.17, 15) is 18.7 Å². The standard InChI is InChI=1S/C21H21F2NO4/c1-13-2-7-18(22)20(19(13)23)28-11-10-27-15-5-3-14(4-6-15)16-8-9-24-12-17(16)21(25)26/h2-7,24H,8-12H2,1H3,(H,25,26). The topological polar surface area (TPSA) is 67.8 Å². The summed E-state index contributed by atoms with van der Waals surface area (Å²) in [4.78, 5) is 11.4. The van der Waals surface area contributed by atoms with Crippen LogP contribution in [0.2, 0.25) is 0 Å². The predicted octanol–water partition coefficient (Wildman–Crippen LogP) is 3.56. The highest BCUT2D eigenvalue weighted by molar-refractivity contribution is 5.97. The summed E-state index contributed by atoms with van der Waals surface area (Å²) < 4.78 is 38.2. The lowest BCUT2D eigenvalue weighted by atomic mass is 9.94. The molecule has 0 saturated heterocycles. The van der Waals surface area contributed by atoms with Crippen molar-refractivity contribution < 1.29 is 28.2 Å². The van der Waals surface area contributed by atoms with Gasteiger partial charge in [0.05, 0.1) is 5.57 Å². The van der Waals surface area contributed by atoms with Crippen LogP contribution >= 0.6 is 0 Å². The Morgan fingerprint density at radius 1 is 1.11 bits per heavy atom. The van der Waals surface area contributed by atoms with Gasteiger partial charge in [0, 0.05) is 6.54 Å². The van der Waals surface area contributed by atoms with Gasteiger partial charge in [-0.15, -0.1) is 0 Å². The molecular formula is C21H21F2NO4. The van der Waals surface area contributed by atoms with Crippen molar-refractivity contribution in [3.8, 4) is 11.5 Å². The summed E-state index contributed by atoms with van der Waals surface area (Å²) in [6, 6.07) is 9.59. The van der Waals surface area contributed by atoms with E-state index in [0.29, 0.717) is 29.9 Å². The van der Waals surface area contributed by atoms with Crippen molar-refractivity contribution in [2.75, 3.05) is 26.3 Å². The van der Waals surface area contributed by atoms with Gasteiger partial charge in [0.1, 0.15) is 19.0 Å². The smallest absolute Gasteiger partial charge is 0.333 e. The molecule has 0 saturated carbocycles. The molecule has 0 atom stereocenters. The van der Waals surface area contributed by atoms with Gasteiger partial charge in [-0.25, -0.2) is 13.6 Å². The van der Waals surface area contributed by atoms with Crippen LogP contribution < -0.4 is 14.8 Å². The number of carbonyl (C=O) groups is 1. The van der Waals surface area contributed by atoms with Crippen LogP contribution in [-0.4, -0.2) is 37.4 Å². The first-order valence-electron chi connectivity index (χ1n) is 8.94. The average molecular weight is 389 g/mol. The summed E-state index contributed by atoms with van der Waals surface area (Å²) >= 11 is 0. The molecule has 1 heterocycles. The molecule has 0 radical (unpaired) electrons. The van der Waals surface area contributed by atoms with Crippen LogP contribution in [0.25, 0.3) is 5.57 Å². The van der Waals surface area contributed by atoms with Crippen molar-refractivity contribution in [1.29, 1.82) is 0 Å². The molecule has 2 aromatic rings. The van der Waals surface area contributed by atoms with Crippen molar-refractivity contribution in [3.05, 3.63) is 64.7 Å². The Hall–Kier alpha value is -2.93. The van der Waals surface area contributed by atoms with Crippen LogP contribution in [-0.2, 0) is 4.79 Å². The summed E-state index contributed by atoms with van der Waals surface area (Å²) in [5.74, 6) is -2.23. The molecule has 1 aliphatic rings. The Kier molecular flexibility index (Phi) is 6.26. The summed E-state index contributed by atoms with van der Waals surface area (Å²) in [5.41, 5.74) is 2.33. The van der Waals surface area contributed by atoms with Gasteiger partial charge in [0.15, 0.2) is 17.4 Å². The number of aryl methyl sites for hydroxylation is 1. The molecule has 148 valence electrons. The molecule has 0 spiro atoms. The van der Waals surface area contributed by atoms with Gasteiger partial charge in [-0.1, -0.05) is 18.2 Å². The Morgan fingerprint density at radius 3 is 2.54 bits per heavy atom. The first-order valence-corrected chi connectivity index (χ1v) is 8.94. The SMILES string of the molecule is Cc1ccc(F)c(OCCOc2ccc(C3=C(C(=O)O)CNCC3)cc2)c1F. The molecule has 3 rings (SSSR count). The zero-order chi connectivity index (χ0) is 20.1. The summed E-state index contributed by atoms with van der Waals surface area (Å²) in [6.07, 6.45) is 0.642. The number of carboxylic acids is 1. The Labute approximate surface area is 161 Å². The van der Waals surface area contributed by atoms with E-state index >= 15 is 0 Å². The quantitative estimate of drug-likeness (QED) is 0.709. The number of benzene rings is 2. The summed E-state index contributed by atoms with van der Waals surface area (Å²) in [6.45, 7) is 2.70. The van der Waals surface area contributed by atoms with Crippen LogP contribution in [0.1, 0.15) is 17.5 Å². The second-order valence-corrected chi connectivity index (χ2v) is 6.42. The van der Waals surface area contributed by atoms with Gasteiger partial charge in [-0.3, -0.25) is 0 Å². The molecule has 0 aromatic heterocycles. The van der Waals surface area contributed by atoms with Crippen LogP contribution in [0.3, 0.4) is 0 Å². The molecule has 0 bridgehead atoms. The third-order valence-electron chi connectivity index (χ3n) is 4.52. The lowest BCUT2D eigenvalue weighted by Gasteiger charge is -2.19. The van der Waals surface area contributed by atoms with Gasteiger partial charge >= 0.3 is 5.97 Å². The Bertz CT molecular complexity index is 894. The van der Waals surface area contributed by atoms with Gasteiger partial charge in [-0.05, 0) is 54.8 Å². The lowest BCUT2D eigenvalue weighted by Crippen LogP contribution is -2.28. The first-order chi connectivity index (χ1) is 13.5. The van der Waals surface area contributed by atoms with Crippen LogP contribution in [0.15, 0.2) is 42.0 Å². The zero-order valence-corrected chi connectivity index (χ0v) is 15.4. The molecule has 0 fully saturated rings. The fourth-order valence-corrected chi connectivity index (χ4v) is 3.03. The second kappa shape index (κ2) is 8.84. The number of nitrogens with one attached hydrogen (secondary N) is 1. The largest absolute Gasteiger partial charge is 0.490 e. The van der Waals surface area contributed by atoms with E-state index in [-0.39, 0.29) is 13.2 Å². The van der Waals surface area contributed by atoms with Gasteiger partial charge in [0.25, 0.3) is 0 Å². The number of aliphatic carboxylic acids is 1.